The van der Waals surface area contributed by atoms with Crippen LogP contribution in [0.3, 0.4) is 0 Å². The van der Waals surface area contributed by atoms with Crippen LogP contribution in [-0.2, 0) is 0 Å². The van der Waals surface area contributed by atoms with Crippen molar-refractivity contribution in [3.05, 3.63) is 58.1 Å². The monoisotopic (exact) mass is 333 g/mol. The minimum atomic E-state index is -0.998. The maximum atomic E-state index is 11.2. The van der Waals surface area contributed by atoms with Gasteiger partial charge in [0, 0.05) is 6.54 Å². The van der Waals surface area contributed by atoms with E-state index in [1.54, 1.807) is 12.1 Å². The molecule has 122 valence electrons. The zero-order chi connectivity index (χ0) is 16.8. The molecule has 0 aromatic heterocycles. The van der Waals surface area contributed by atoms with Gasteiger partial charge < -0.3 is 15.2 Å². The number of carboxylic acid groups (broad SMARTS) is 1. The summed E-state index contributed by atoms with van der Waals surface area (Å²) >= 11 is 6.07. The number of halogens is 1. The Bertz CT molecular complexity index is 680. The number of benzene rings is 2. The lowest BCUT2D eigenvalue weighted by Crippen LogP contribution is -2.11. The Morgan fingerprint density at radius 1 is 1.17 bits per heavy atom. The number of carboxylic acids is 1. The van der Waals surface area contributed by atoms with Crippen LogP contribution >= 0.6 is 11.6 Å². The highest BCUT2D eigenvalue weighted by molar-refractivity contribution is 6.34. The second-order valence-corrected chi connectivity index (χ2v) is 5.72. The highest BCUT2D eigenvalue weighted by Gasteiger charge is 2.12. The number of aryl methyl sites for hydroxylation is 2. The molecule has 0 saturated carbocycles. The lowest BCUT2D eigenvalue weighted by atomic mass is 10.1. The summed E-state index contributed by atoms with van der Waals surface area (Å²) in [6.45, 7) is 5.16. The Kier molecular flexibility index (Phi) is 5.88. The third-order valence-corrected chi connectivity index (χ3v) is 3.84. The number of ether oxygens (including phenoxy) is 1. The molecule has 2 rings (SSSR count). The summed E-state index contributed by atoms with van der Waals surface area (Å²) in [5.74, 6) is -0.0850. The van der Waals surface area contributed by atoms with E-state index in [0.717, 1.165) is 23.3 Å². The van der Waals surface area contributed by atoms with Gasteiger partial charge in [-0.2, -0.15) is 0 Å². The van der Waals surface area contributed by atoms with Crippen molar-refractivity contribution >= 4 is 23.3 Å². The molecule has 0 aliphatic carbocycles. The maximum absolute atomic E-state index is 11.2. The van der Waals surface area contributed by atoms with Crippen LogP contribution in [0.5, 0.6) is 5.75 Å². The molecule has 5 heteroatoms. The molecule has 4 nitrogen and oxygen atoms in total. The standard InChI is InChI=1S/C18H20ClNO3/c1-12-6-3-7-13(2)17(12)23-11-5-10-20-16-14(18(21)22)8-4-9-15(16)19/h3-4,6-9,20H,5,10-11H2,1-2H3,(H,21,22). The fourth-order valence-corrected chi connectivity index (χ4v) is 2.61. The van der Waals surface area contributed by atoms with Gasteiger partial charge in [-0.1, -0.05) is 35.9 Å². The van der Waals surface area contributed by atoms with E-state index in [4.69, 9.17) is 16.3 Å². The van der Waals surface area contributed by atoms with Crippen molar-refractivity contribution in [1.29, 1.82) is 0 Å². The molecule has 0 saturated heterocycles. The lowest BCUT2D eigenvalue weighted by molar-refractivity contribution is 0.0698. The van der Waals surface area contributed by atoms with Gasteiger partial charge in [0.15, 0.2) is 0 Å². The Balaban J connectivity index is 1.88. The van der Waals surface area contributed by atoms with Gasteiger partial charge in [-0.15, -0.1) is 0 Å². The predicted octanol–water partition coefficient (Wildman–Crippen LogP) is 4.54. The van der Waals surface area contributed by atoms with Crippen LogP contribution in [0.15, 0.2) is 36.4 Å². The lowest BCUT2D eigenvalue weighted by Gasteiger charge is -2.14. The average molecular weight is 334 g/mol. The van der Waals surface area contributed by atoms with Crippen molar-refractivity contribution in [2.24, 2.45) is 0 Å². The van der Waals surface area contributed by atoms with Crippen LogP contribution in [0.1, 0.15) is 27.9 Å². The highest BCUT2D eigenvalue weighted by Crippen LogP contribution is 2.26. The molecule has 0 aliphatic heterocycles. The summed E-state index contributed by atoms with van der Waals surface area (Å²) in [6, 6.07) is 10.9. The molecule has 2 aromatic carbocycles. The van der Waals surface area contributed by atoms with Crippen molar-refractivity contribution in [2.45, 2.75) is 20.3 Å². The van der Waals surface area contributed by atoms with E-state index in [9.17, 15) is 9.90 Å². The van der Waals surface area contributed by atoms with Crippen LogP contribution in [0.2, 0.25) is 5.02 Å². The molecule has 0 bridgehead atoms. The molecular formula is C18H20ClNO3. The second-order valence-electron chi connectivity index (χ2n) is 5.32. The van der Waals surface area contributed by atoms with Gasteiger partial charge in [-0.3, -0.25) is 0 Å². The first-order valence-electron chi connectivity index (χ1n) is 7.45. The summed E-state index contributed by atoms with van der Waals surface area (Å²) in [5, 5.41) is 12.7. The number of rotatable bonds is 7. The number of anilines is 1. The molecular weight excluding hydrogens is 314 g/mol. The number of hydrogen-bond acceptors (Lipinski definition) is 3. The zero-order valence-corrected chi connectivity index (χ0v) is 14.0. The first-order chi connectivity index (χ1) is 11.0. The van der Waals surface area contributed by atoms with Crippen LogP contribution in [0.4, 0.5) is 5.69 Å². The van der Waals surface area contributed by atoms with E-state index in [0.29, 0.717) is 23.9 Å². The first-order valence-corrected chi connectivity index (χ1v) is 7.83. The quantitative estimate of drug-likeness (QED) is 0.730. The summed E-state index contributed by atoms with van der Waals surface area (Å²) < 4.78 is 5.82. The number of aromatic carboxylic acids is 1. The van der Waals surface area contributed by atoms with Crippen molar-refractivity contribution in [2.75, 3.05) is 18.5 Å². The number of hydrogen-bond donors (Lipinski definition) is 2. The molecule has 0 amide bonds. The maximum Gasteiger partial charge on any atom is 0.337 e. The second kappa shape index (κ2) is 7.88. The molecule has 23 heavy (non-hydrogen) atoms. The third kappa shape index (κ3) is 4.39. The van der Waals surface area contributed by atoms with Crippen molar-refractivity contribution in [3.63, 3.8) is 0 Å². The Labute approximate surface area is 141 Å². The van der Waals surface area contributed by atoms with Crippen LogP contribution < -0.4 is 10.1 Å². The van der Waals surface area contributed by atoms with Gasteiger partial charge in [-0.25, -0.2) is 4.79 Å². The minimum Gasteiger partial charge on any atom is -0.493 e. The van der Waals surface area contributed by atoms with Gasteiger partial charge in [0.2, 0.25) is 0 Å². The van der Waals surface area contributed by atoms with Crippen molar-refractivity contribution in [1.82, 2.24) is 0 Å². The Morgan fingerprint density at radius 3 is 2.48 bits per heavy atom. The van der Waals surface area contributed by atoms with E-state index in [2.05, 4.69) is 5.32 Å². The van der Waals surface area contributed by atoms with E-state index in [1.807, 2.05) is 32.0 Å². The SMILES string of the molecule is Cc1cccc(C)c1OCCCNc1c(Cl)cccc1C(=O)O. The number of para-hydroxylation sites is 2. The summed E-state index contributed by atoms with van der Waals surface area (Å²) in [4.78, 5) is 11.2. The van der Waals surface area contributed by atoms with Gasteiger partial charge in [0.1, 0.15) is 5.75 Å². The molecule has 0 atom stereocenters. The highest BCUT2D eigenvalue weighted by atomic mass is 35.5. The fourth-order valence-electron chi connectivity index (χ4n) is 2.37. The zero-order valence-electron chi connectivity index (χ0n) is 13.2. The number of nitrogens with one attached hydrogen (secondary N) is 1. The smallest absolute Gasteiger partial charge is 0.337 e. The summed E-state index contributed by atoms with van der Waals surface area (Å²) in [5.41, 5.74) is 2.84. The van der Waals surface area contributed by atoms with Crippen LogP contribution in [0, 0.1) is 13.8 Å². The van der Waals surface area contributed by atoms with E-state index in [-0.39, 0.29) is 5.56 Å². The fraction of sp³-hybridized carbons (Fsp3) is 0.278. The molecule has 0 heterocycles. The summed E-state index contributed by atoms with van der Waals surface area (Å²) in [7, 11) is 0. The molecule has 0 spiro atoms. The van der Waals surface area contributed by atoms with E-state index >= 15 is 0 Å². The van der Waals surface area contributed by atoms with Gasteiger partial charge >= 0.3 is 5.97 Å². The molecule has 0 unspecified atom stereocenters. The molecule has 2 aromatic rings. The van der Waals surface area contributed by atoms with E-state index < -0.39 is 5.97 Å². The van der Waals surface area contributed by atoms with Gasteiger partial charge in [0.25, 0.3) is 0 Å². The Hall–Kier alpha value is -2.20. The topological polar surface area (TPSA) is 58.6 Å². The van der Waals surface area contributed by atoms with Gasteiger partial charge in [0.05, 0.1) is 22.9 Å². The number of carbonyl (C=O) groups is 1. The molecule has 0 aliphatic rings. The van der Waals surface area contributed by atoms with E-state index in [1.165, 1.54) is 6.07 Å². The molecule has 0 radical (unpaired) electrons. The third-order valence-electron chi connectivity index (χ3n) is 3.52. The van der Waals surface area contributed by atoms with Crippen molar-refractivity contribution < 1.29 is 14.6 Å². The van der Waals surface area contributed by atoms with Crippen LogP contribution in [-0.4, -0.2) is 24.2 Å². The minimum absolute atomic E-state index is 0.174. The Morgan fingerprint density at radius 2 is 1.83 bits per heavy atom. The van der Waals surface area contributed by atoms with Crippen LogP contribution in [0.25, 0.3) is 0 Å². The normalized spacial score (nSPS) is 10.4. The largest absolute Gasteiger partial charge is 0.493 e. The predicted molar refractivity (Wildman–Crippen MR) is 92.9 cm³/mol. The van der Waals surface area contributed by atoms with Crippen molar-refractivity contribution in [3.8, 4) is 5.75 Å². The van der Waals surface area contributed by atoms with Gasteiger partial charge in [-0.05, 0) is 43.5 Å². The summed E-state index contributed by atoms with van der Waals surface area (Å²) in [6.07, 6.45) is 0.734. The average Bonchev–Trinajstić information content (AvgIpc) is 2.50. The molecule has 2 N–H and O–H groups in total. The molecule has 0 fully saturated rings. The first kappa shape index (κ1) is 17.2.